The molecule has 1 aliphatic rings. The molecule has 1 aromatic carbocycles. The van der Waals surface area contributed by atoms with E-state index < -0.39 is 10.0 Å². The second kappa shape index (κ2) is 6.11. The predicted octanol–water partition coefficient (Wildman–Crippen LogP) is 1.95. The van der Waals surface area contributed by atoms with Gasteiger partial charge in [0.15, 0.2) is 0 Å². The van der Waals surface area contributed by atoms with E-state index in [-0.39, 0.29) is 11.8 Å². The Morgan fingerprint density at radius 1 is 1.53 bits per heavy atom. The molecular formula is C12H17BrN2O3S. The fourth-order valence-corrected chi connectivity index (χ4v) is 4.04. The van der Waals surface area contributed by atoms with Gasteiger partial charge in [0.2, 0.25) is 10.0 Å². The summed E-state index contributed by atoms with van der Waals surface area (Å²) in [5, 5.41) is 3.18. The zero-order valence-corrected chi connectivity index (χ0v) is 13.1. The third kappa shape index (κ3) is 4.09. The molecule has 19 heavy (non-hydrogen) atoms. The van der Waals surface area contributed by atoms with Gasteiger partial charge in [-0.1, -0.05) is 0 Å². The van der Waals surface area contributed by atoms with Crippen LogP contribution in [0.5, 0.6) is 5.75 Å². The van der Waals surface area contributed by atoms with Crippen molar-refractivity contribution in [1.82, 2.24) is 5.32 Å². The molecule has 1 saturated heterocycles. The maximum absolute atomic E-state index is 12.0. The Morgan fingerprint density at radius 2 is 2.32 bits per heavy atom. The molecule has 1 atom stereocenters. The zero-order valence-electron chi connectivity index (χ0n) is 10.6. The lowest BCUT2D eigenvalue weighted by molar-refractivity contribution is 0.412. The van der Waals surface area contributed by atoms with E-state index in [1.165, 1.54) is 0 Å². The van der Waals surface area contributed by atoms with Crippen LogP contribution in [0, 0.1) is 0 Å². The lowest BCUT2D eigenvalue weighted by Crippen LogP contribution is -2.32. The average molecular weight is 349 g/mol. The molecule has 0 saturated carbocycles. The molecule has 106 valence electrons. The van der Waals surface area contributed by atoms with Gasteiger partial charge >= 0.3 is 0 Å². The number of halogens is 1. The van der Waals surface area contributed by atoms with E-state index >= 15 is 0 Å². The van der Waals surface area contributed by atoms with Crippen LogP contribution in [0.2, 0.25) is 0 Å². The quantitative estimate of drug-likeness (QED) is 0.853. The van der Waals surface area contributed by atoms with Gasteiger partial charge in [0, 0.05) is 11.7 Å². The summed E-state index contributed by atoms with van der Waals surface area (Å²) in [6.45, 7) is 0.897. The highest BCUT2D eigenvalue weighted by atomic mass is 79.9. The first-order valence-corrected chi connectivity index (χ1v) is 8.52. The average Bonchev–Trinajstić information content (AvgIpc) is 2.80. The second-order valence-electron chi connectivity index (χ2n) is 4.53. The Bertz CT molecular complexity index is 542. The van der Waals surface area contributed by atoms with Crippen molar-refractivity contribution in [3.8, 4) is 5.75 Å². The standard InChI is InChI=1S/C12H17BrN2O3S/c1-18-12-5-4-9(7-11(12)13)15-19(16,17)8-10-3-2-6-14-10/h4-5,7,10,14-15H,2-3,6,8H2,1H3. The molecule has 2 rings (SSSR count). The first-order chi connectivity index (χ1) is 9.00. The van der Waals surface area contributed by atoms with Gasteiger partial charge in [-0.15, -0.1) is 0 Å². The Kier molecular flexibility index (Phi) is 4.70. The van der Waals surface area contributed by atoms with Crippen LogP contribution < -0.4 is 14.8 Å². The smallest absolute Gasteiger partial charge is 0.234 e. The van der Waals surface area contributed by atoms with Crippen LogP contribution in [0.3, 0.4) is 0 Å². The first kappa shape index (κ1) is 14.6. The summed E-state index contributed by atoms with van der Waals surface area (Å²) in [7, 11) is -1.76. The molecule has 0 spiro atoms. The third-order valence-corrected chi connectivity index (χ3v) is 5.02. The van der Waals surface area contributed by atoms with Crippen LogP contribution >= 0.6 is 15.9 Å². The van der Waals surface area contributed by atoms with Crippen molar-refractivity contribution in [2.45, 2.75) is 18.9 Å². The fourth-order valence-electron chi connectivity index (χ4n) is 2.11. The lowest BCUT2D eigenvalue weighted by atomic mass is 10.3. The third-order valence-electron chi connectivity index (χ3n) is 3.01. The summed E-state index contributed by atoms with van der Waals surface area (Å²) in [5.74, 6) is 0.775. The highest BCUT2D eigenvalue weighted by Gasteiger charge is 2.22. The molecule has 1 aromatic rings. The predicted molar refractivity (Wildman–Crippen MR) is 79.1 cm³/mol. The van der Waals surface area contributed by atoms with Crippen molar-refractivity contribution >= 4 is 31.6 Å². The topological polar surface area (TPSA) is 67.4 Å². The monoisotopic (exact) mass is 348 g/mol. The van der Waals surface area contributed by atoms with Crippen molar-refractivity contribution in [1.29, 1.82) is 0 Å². The molecule has 0 radical (unpaired) electrons. The number of nitrogens with one attached hydrogen (secondary N) is 2. The maximum atomic E-state index is 12.0. The van der Waals surface area contributed by atoms with E-state index in [2.05, 4.69) is 26.0 Å². The number of anilines is 1. The highest BCUT2D eigenvalue weighted by molar-refractivity contribution is 9.10. The number of ether oxygens (including phenoxy) is 1. The minimum absolute atomic E-state index is 0.0548. The van der Waals surface area contributed by atoms with Gasteiger partial charge < -0.3 is 10.1 Å². The minimum Gasteiger partial charge on any atom is -0.496 e. The largest absolute Gasteiger partial charge is 0.496 e. The van der Waals surface area contributed by atoms with Gasteiger partial charge in [0.1, 0.15) is 5.75 Å². The molecule has 0 amide bonds. The van der Waals surface area contributed by atoms with Crippen LogP contribution in [0.25, 0.3) is 0 Å². The summed E-state index contributed by atoms with van der Waals surface area (Å²) in [6, 6.07) is 5.15. The summed E-state index contributed by atoms with van der Waals surface area (Å²) in [6.07, 6.45) is 1.95. The number of rotatable bonds is 5. The van der Waals surface area contributed by atoms with Crippen molar-refractivity contribution in [2.24, 2.45) is 0 Å². The summed E-state index contributed by atoms with van der Waals surface area (Å²) >= 11 is 3.33. The van der Waals surface area contributed by atoms with E-state index in [0.29, 0.717) is 15.9 Å². The Balaban J connectivity index is 2.04. The lowest BCUT2D eigenvalue weighted by Gasteiger charge is -2.13. The summed E-state index contributed by atoms with van der Waals surface area (Å²) in [5.41, 5.74) is 0.533. The SMILES string of the molecule is COc1ccc(NS(=O)(=O)CC2CCCN2)cc1Br. The van der Waals surface area contributed by atoms with Gasteiger partial charge in [0.25, 0.3) is 0 Å². The minimum atomic E-state index is -3.33. The van der Waals surface area contributed by atoms with Gasteiger partial charge in [-0.2, -0.15) is 0 Å². The van der Waals surface area contributed by atoms with E-state index in [1.54, 1.807) is 25.3 Å². The van der Waals surface area contributed by atoms with E-state index in [4.69, 9.17) is 4.74 Å². The molecule has 1 aliphatic heterocycles. The molecule has 2 N–H and O–H groups in total. The van der Waals surface area contributed by atoms with E-state index in [9.17, 15) is 8.42 Å². The van der Waals surface area contributed by atoms with Crippen LogP contribution in [0.1, 0.15) is 12.8 Å². The normalized spacial score (nSPS) is 19.4. The molecule has 1 heterocycles. The Morgan fingerprint density at radius 3 is 2.89 bits per heavy atom. The first-order valence-electron chi connectivity index (χ1n) is 6.07. The van der Waals surface area contributed by atoms with Crippen LogP contribution in [-0.2, 0) is 10.0 Å². The van der Waals surface area contributed by atoms with Crippen molar-refractivity contribution < 1.29 is 13.2 Å². The number of hydrogen-bond donors (Lipinski definition) is 2. The molecule has 7 heteroatoms. The fraction of sp³-hybridized carbons (Fsp3) is 0.500. The summed E-state index contributed by atoms with van der Waals surface area (Å²) in [4.78, 5) is 0. The zero-order chi connectivity index (χ0) is 13.9. The molecule has 1 unspecified atom stereocenters. The van der Waals surface area contributed by atoms with Crippen LogP contribution in [-0.4, -0.2) is 33.9 Å². The Hall–Kier alpha value is -0.790. The van der Waals surface area contributed by atoms with Crippen LogP contribution in [0.15, 0.2) is 22.7 Å². The van der Waals surface area contributed by atoms with Gasteiger partial charge in [-0.3, -0.25) is 4.72 Å². The number of benzene rings is 1. The van der Waals surface area contributed by atoms with Crippen molar-refractivity contribution in [3.63, 3.8) is 0 Å². The number of hydrogen-bond acceptors (Lipinski definition) is 4. The molecule has 5 nitrogen and oxygen atoms in total. The van der Waals surface area contributed by atoms with Crippen LogP contribution in [0.4, 0.5) is 5.69 Å². The molecule has 0 bridgehead atoms. The van der Waals surface area contributed by atoms with Gasteiger partial charge in [-0.25, -0.2) is 8.42 Å². The van der Waals surface area contributed by atoms with Gasteiger partial charge in [0.05, 0.1) is 17.3 Å². The molecule has 0 aliphatic carbocycles. The second-order valence-corrected chi connectivity index (χ2v) is 7.15. The molecule has 1 fully saturated rings. The van der Waals surface area contributed by atoms with Crippen molar-refractivity contribution in [2.75, 3.05) is 24.1 Å². The Labute approximate surface area is 121 Å². The van der Waals surface area contributed by atoms with Gasteiger partial charge in [-0.05, 0) is 53.5 Å². The highest BCUT2D eigenvalue weighted by Crippen LogP contribution is 2.28. The number of sulfonamides is 1. The maximum Gasteiger partial charge on any atom is 0.234 e. The summed E-state index contributed by atoms with van der Waals surface area (Å²) < 4.78 is 32.5. The van der Waals surface area contributed by atoms with E-state index in [1.807, 2.05) is 0 Å². The number of methoxy groups -OCH3 is 1. The molecule has 0 aromatic heterocycles. The van der Waals surface area contributed by atoms with Crippen molar-refractivity contribution in [3.05, 3.63) is 22.7 Å². The molecular weight excluding hydrogens is 332 g/mol. The van der Waals surface area contributed by atoms with E-state index in [0.717, 1.165) is 19.4 Å².